The second kappa shape index (κ2) is 4.77. The molecule has 2 aliphatic heterocycles. The number of carboxylic acids is 1. The van der Waals surface area contributed by atoms with E-state index in [4.69, 9.17) is 9.84 Å². The average molecular weight is 263 g/mol. The number of carboxylic acid groups (broad SMARTS) is 1. The molecule has 0 aliphatic carbocycles. The average Bonchev–Trinajstić information content (AvgIpc) is 2.83. The van der Waals surface area contributed by atoms with Crippen LogP contribution in [-0.4, -0.2) is 47.3 Å². The van der Waals surface area contributed by atoms with Gasteiger partial charge >= 0.3 is 5.97 Å². The first-order chi connectivity index (χ1) is 9.19. The standard InChI is InChI=1S/C13H17N3O3/c17-12(18)10-7-15-11(8-14-10)16-4-1-13(9-16)2-5-19-6-3-13/h7-8H,1-6,9H2,(H,17,18). The third-order valence-corrected chi connectivity index (χ3v) is 4.17. The third-order valence-electron chi connectivity index (χ3n) is 4.17. The van der Waals surface area contributed by atoms with Crippen LogP contribution in [0.25, 0.3) is 0 Å². The molecule has 6 heteroatoms. The lowest BCUT2D eigenvalue weighted by atomic mass is 9.80. The minimum Gasteiger partial charge on any atom is -0.476 e. The van der Waals surface area contributed by atoms with Crippen molar-refractivity contribution in [3.63, 3.8) is 0 Å². The topological polar surface area (TPSA) is 75.5 Å². The zero-order chi connectivity index (χ0) is 13.3. The number of ether oxygens (including phenoxy) is 1. The van der Waals surface area contributed by atoms with Crippen LogP contribution < -0.4 is 4.90 Å². The van der Waals surface area contributed by atoms with Crippen molar-refractivity contribution in [3.05, 3.63) is 18.1 Å². The Bertz CT molecular complexity index is 469. The molecule has 2 fully saturated rings. The summed E-state index contributed by atoms with van der Waals surface area (Å²) >= 11 is 0. The summed E-state index contributed by atoms with van der Waals surface area (Å²) in [6.45, 7) is 3.62. The summed E-state index contributed by atoms with van der Waals surface area (Å²) in [5.41, 5.74) is 0.342. The summed E-state index contributed by atoms with van der Waals surface area (Å²) in [4.78, 5) is 21.1. The third kappa shape index (κ3) is 2.40. The monoisotopic (exact) mass is 263 g/mol. The molecule has 1 spiro atoms. The van der Waals surface area contributed by atoms with E-state index in [9.17, 15) is 4.79 Å². The zero-order valence-electron chi connectivity index (χ0n) is 10.7. The lowest BCUT2D eigenvalue weighted by Crippen LogP contribution is -2.33. The van der Waals surface area contributed by atoms with Gasteiger partial charge in [0.05, 0.1) is 12.4 Å². The summed E-state index contributed by atoms with van der Waals surface area (Å²) in [5.74, 6) is -0.269. The van der Waals surface area contributed by atoms with Crippen molar-refractivity contribution in [2.45, 2.75) is 19.3 Å². The molecule has 6 nitrogen and oxygen atoms in total. The molecule has 19 heavy (non-hydrogen) atoms. The van der Waals surface area contributed by atoms with Crippen molar-refractivity contribution in [3.8, 4) is 0 Å². The van der Waals surface area contributed by atoms with Gasteiger partial charge in [0.15, 0.2) is 5.69 Å². The van der Waals surface area contributed by atoms with Gasteiger partial charge in [0, 0.05) is 26.3 Å². The van der Waals surface area contributed by atoms with E-state index >= 15 is 0 Å². The van der Waals surface area contributed by atoms with Gasteiger partial charge in [-0.2, -0.15) is 0 Å². The number of rotatable bonds is 2. The van der Waals surface area contributed by atoms with E-state index in [1.807, 2.05) is 0 Å². The molecule has 0 saturated carbocycles. The highest BCUT2D eigenvalue weighted by Crippen LogP contribution is 2.40. The summed E-state index contributed by atoms with van der Waals surface area (Å²) in [5, 5.41) is 8.81. The van der Waals surface area contributed by atoms with E-state index in [1.54, 1.807) is 6.20 Å². The van der Waals surface area contributed by atoms with E-state index in [0.29, 0.717) is 5.41 Å². The molecule has 0 unspecified atom stereocenters. The SMILES string of the molecule is O=C(O)c1cnc(N2CCC3(CCOCC3)C2)cn1. The number of aromatic carboxylic acids is 1. The molecule has 3 heterocycles. The summed E-state index contributed by atoms with van der Waals surface area (Å²) in [7, 11) is 0. The Hall–Kier alpha value is -1.69. The molecule has 0 radical (unpaired) electrons. The van der Waals surface area contributed by atoms with Crippen LogP contribution in [0.1, 0.15) is 29.8 Å². The Balaban J connectivity index is 1.72. The molecule has 0 aromatic carbocycles. The maximum absolute atomic E-state index is 10.7. The summed E-state index contributed by atoms with van der Waals surface area (Å²) in [6.07, 6.45) is 6.24. The Labute approximate surface area is 111 Å². The van der Waals surface area contributed by atoms with Gasteiger partial charge in [-0.25, -0.2) is 14.8 Å². The Morgan fingerprint density at radius 2 is 2.05 bits per heavy atom. The molecule has 2 aliphatic rings. The predicted octanol–water partition coefficient (Wildman–Crippen LogP) is 1.18. The molecule has 1 N–H and O–H groups in total. The smallest absolute Gasteiger partial charge is 0.356 e. The lowest BCUT2D eigenvalue weighted by Gasteiger charge is -2.33. The van der Waals surface area contributed by atoms with Crippen LogP contribution >= 0.6 is 0 Å². The summed E-state index contributed by atoms with van der Waals surface area (Å²) in [6, 6.07) is 0. The Kier molecular flexibility index (Phi) is 3.10. The molecule has 0 bridgehead atoms. The van der Waals surface area contributed by atoms with E-state index in [2.05, 4.69) is 14.9 Å². The molecular formula is C13H17N3O3. The van der Waals surface area contributed by atoms with Crippen molar-refractivity contribution in [2.24, 2.45) is 5.41 Å². The second-order valence-corrected chi connectivity index (χ2v) is 5.35. The van der Waals surface area contributed by atoms with E-state index < -0.39 is 5.97 Å². The first-order valence-corrected chi connectivity index (χ1v) is 6.57. The normalized spacial score (nSPS) is 21.8. The highest BCUT2D eigenvalue weighted by Gasteiger charge is 2.39. The molecular weight excluding hydrogens is 246 g/mol. The fourth-order valence-electron chi connectivity index (χ4n) is 2.94. The maximum atomic E-state index is 10.7. The van der Waals surface area contributed by atoms with Crippen molar-refractivity contribution < 1.29 is 14.6 Å². The van der Waals surface area contributed by atoms with Crippen molar-refractivity contribution in [2.75, 3.05) is 31.2 Å². The number of aromatic nitrogens is 2. The van der Waals surface area contributed by atoms with E-state index in [1.165, 1.54) is 6.20 Å². The van der Waals surface area contributed by atoms with Crippen molar-refractivity contribution in [1.29, 1.82) is 0 Å². The first kappa shape index (κ1) is 12.3. The number of hydrogen-bond acceptors (Lipinski definition) is 5. The Morgan fingerprint density at radius 1 is 1.26 bits per heavy atom. The molecule has 3 rings (SSSR count). The summed E-state index contributed by atoms with van der Waals surface area (Å²) < 4.78 is 5.43. The van der Waals surface area contributed by atoms with E-state index in [0.717, 1.165) is 51.4 Å². The van der Waals surface area contributed by atoms with Gasteiger partial charge in [0.2, 0.25) is 0 Å². The van der Waals surface area contributed by atoms with Crippen LogP contribution in [0.3, 0.4) is 0 Å². The van der Waals surface area contributed by atoms with Crippen LogP contribution in [0.4, 0.5) is 5.82 Å². The number of carbonyl (C=O) groups is 1. The van der Waals surface area contributed by atoms with Crippen LogP contribution in [0, 0.1) is 5.41 Å². The predicted molar refractivity (Wildman–Crippen MR) is 68.3 cm³/mol. The van der Waals surface area contributed by atoms with Crippen molar-refractivity contribution >= 4 is 11.8 Å². The van der Waals surface area contributed by atoms with Gasteiger partial charge < -0.3 is 14.7 Å². The maximum Gasteiger partial charge on any atom is 0.356 e. The van der Waals surface area contributed by atoms with Gasteiger partial charge in [-0.1, -0.05) is 0 Å². The molecule has 102 valence electrons. The van der Waals surface area contributed by atoms with Crippen LogP contribution in [0.15, 0.2) is 12.4 Å². The molecule has 1 aromatic heterocycles. The van der Waals surface area contributed by atoms with E-state index in [-0.39, 0.29) is 5.69 Å². The molecule has 2 saturated heterocycles. The zero-order valence-corrected chi connectivity index (χ0v) is 10.7. The minimum atomic E-state index is -1.04. The minimum absolute atomic E-state index is 0.0104. The highest BCUT2D eigenvalue weighted by molar-refractivity contribution is 5.84. The first-order valence-electron chi connectivity index (χ1n) is 6.57. The fourth-order valence-corrected chi connectivity index (χ4v) is 2.94. The second-order valence-electron chi connectivity index (χ2n) is 5.35. The van der Waals surface area contributed by atoms with Gasteiger partial charge in [-0.05, 0) is 24.7 Å². The van der Waals surface area contributed by atoms with Gasteiger partial charge in [0.25, 0.3) is 0 Å². The van der Waals surface area contributed by atoms with Gasteiger partial charge in [-0.15, -0.1) is 0 Å². The largest absolute Gasteiger partial charge is 0.476 e. The van der Waals surface area contributed by atoms with Crippen LogP contribution in [-0.2, 0) is 4.74 Å². The number of anilines is 1. The molecule has 1 aromatic rings. The van der Waals surface area contributed by atoms with Gasteiger partial charge in [-0.3, -0.25) is 0 Å². The van der Waals surface area contributed by atoms with Gasteiger partial charge in [0.1, 0.15) is 5.82 Å². The number of nitrogens with zero attached hydrogens (tertiary/aromatic N) is 3. The molecule has 0 amide bonds. The Morgan fingerprint density at radius 3 is 2.68 bits per heavy atom. The van der Waals surface area contributed by atoms with Crippen LogP contribution in [0.5, 0.6) is 0 Å². The van der Waals surface area contributed by atoms with Crippen LogP contribution in [0.2, 0.25) is 0 Å². The quantitative estimate of drug-likeness (QED) is 0.863. The number of hydrogen-bond donors (Lipinski definition) is 1. The van der Waals surface area contributed by atoms with Crippen molar-refractivity contribution in [1.82, 2.24) is 9.97 Å². The molecule has 0 atom stereocenters. The fraction of sp³-hybridized carbons (Fsp3) is 0.615. The highest BCUT2D eigenvalue weighted by atomic mass is 16.5. The lowest BCUT2D eigenvalue weighted by molar-refractivity contribution is 0.0254.